The van der Waals surface area contributed by atoms with Crippen LogP contribution in [-0.4, -0.2) is 55.0 Å². The third-order valence-electron chi connectivity index (χ3n) is 4.60. The number of rotatable bonds is 9. The Balaban J connectivity index is 2.24. The van der Waals surface area contributed by atoms with Crippen LogP contribution in [-0.2, 0) is 0 Å². The van der Waals surface area contributed by atoms with E-state index in [-0.39, 0.29) is 11.9 Å². The molecule has 0 saturated heterocycles. The fourth-order valence-corrected chi connectivity index (χ4v) is 3.09. The van der Waals surface area contributed by atoms with E-state index in [2.05, 4.69) is 5.32 Å². The molecule has 2 aromatic carbocycles. The van der Waals surface area contributed by atoms with Crippen molar-refractivity contribution in [3.63, 3.8) is 0 Å². The zero-order chi connectivity index (χ0) is 20.7. The average Bonchev–Trinajstić information content (AvgIpc) is 2.72. The van der Waals surface area contributed by atoms with E-state index in [1.54, 1.807) is 19.2 Å². The Morgan fingerprint density at radius 3 is 2.00 bits per heavy atom. The molecule has 152 valence electrons. The van der Waals surface area contributed by atoms with Crippen LogP contribution in [0.2, 0.25) is 0 Å². The van der Waals surface area contributed by atoms with E-state index in [0.29, 0.717) is 29.4 Å². The van der Waals surface area contributed by atoms with Gasteiger partial charge in [0.05, 0.1) is 54.6 Å². The van der Waals surface area contributed by atoms with Crippen LogP contribution in [0.4, 0.5) is 0 Å². The summed E-state index contributed by atoms with van der Waals surface area (Å²) in [4.78, 5) is 14.0. The first-order valence-electron chi connectivity index (χ1n) is 8.97. The second-order valence-corrected chi connectivity index (χ2v) is 6.50. The third kappa shape index (κ3) is 4.67. The molecule has 0 fully saturated rings. The van der Waals surface area contributed by atoms with Crippen LogP contribution in [0.15, 0.2) is 36.4 Å². The molecule has 28 heavy (non-hydrogen) atoms. The monoisotopic (exact) mass is 389 g/mol. The van der Waals surface area contributed by atoms with Crippen molar-refractivity contribution in [2.24, 2.45) is 0 Å². The molecule has 0 saturated carbocycles. The molecule has 0 aliphatic rings. The summed E-state index contributed by atoms with van der Waals surface area (Å²) in [7, 11) is 10.3. The summed E-state index contributed by atoms with van der Waals surface area (Å²) in [6.07, 6.45) is 0. The number of hydrogen-bond acceptors (Lipinski definition) is 5. The zero-order valence-corrected chi connectivity index (χ0v) is 17.3. The van der Waals surface area contributed by atoms with Crippen molar-refractivity contribution in [1.82, 2.24) is 5.32 Å². The summed E-state index contributed by atoms with van der Waals surface area (Å²) in [5.74, 6) is 1.90. The van der Waals surface area contributed by atoms with Gasteiger partial charge in [0, 0.05) is 5.56 Å². The number of carbonyl (C=O) groups is 1. The Bertz CT molecular complexity index is 782. The summed E-state index contributed by atoms with van der Waals surface area (Å²) in [6.45, 7) is 0.443. The number of ether oxygens (including phenoxy) is 4. The van der Waals surface area contributed by atoms with Crippen molar-refractivity contribution < 1.29 is 28.6 Å². The molecule has 7 nitrogen and oxygen atoms in total. The number of hydrogen-bond donors (Lipinski definition) is 2. The Kier molecular flexibility index (Phi) is 7.52. The van der Waals surface area contributed by atoms with Crippen molar-refractivity contribution in [3.8, 4) is 23.0 Å². The average molecular weight is 389 g/mol. The normalized spacial score (nSPS) is 11.7. The van der Waals surface area contributed by atoms with Gasteiger partial charge in [-0.05, 0) is 24.3 Å². The fraction of sp³-hybridized carbons (Fsp3) is 0.381. The second-order valence-electron chi connectivity index (χ2n) is 6.50. The molecule has 0 aliphatic heterocycles. The largest absolute Gasteiger partial charge is 0.496 e. The van der Waals surface area contributed by atoms with Crippen molar-refractivity contribution in [1.29, 1.82) is 0 Å². The highest BCUT2D eigenvalue weighted by molar-refractivity contribution is 5.95. The highest BCUT2D eigenvalue weighted by Gasteiger charge is 2.23. The van der Waals surface area contributed by atoms with Gasteiger partial charge in [-0.15, -0.1) is 0 Å². The molecule has 2 N–H and O–H groups in total. The molecule has 0 radical (unpaired) electrons. The molecule has 0 unspecified atom stereocenters. The maximum atomic E-state index is 12.8. The van der Waals surface area contributed by atoms with Crippen LogP contribution >= 0.6 is 0 Å². The first-order valence-corrected chi connectivity index (χ1v) is 8.97. The number of methoxy groups -OCH3 is 4. The van der Waals surface area contributed by atoms with E-state index in [1.807, 2.05) is 38.4 Å². The molecule has 1 atom stereocenters. The number of para-hydroxylation sites is 1. The molecule has 7 heteroatoms. The van der Waals surface area contributed by atoms with Gasteiger partial charge in [-0.2, -0.15) is 0 Å². The van der Waals surface area contributed by atoms with Crippen molar-refractivity contribution in [2.75, 3.05) is 49.1 Å². The quantitative estimate of drug-likeness (QED) is 0.677. The Labute approximate surface area is 166 Å². The highest BCUT2D eigenvalue weighted by Crippen LogP contribution is 2.38. The third-order valence-corrected chi connectivity index (χ3v) is 4.60. The lowest BCUT2D eigenvalue weighted by Crippen LogP contribution is -3.07. The first kappa shape index (κ1) is 21.4. The second kappa shape index (κ2) is 9.85. The molecule has 0 spiro atoms. The number of nitrogens with one attached hydrogen (secondary N) is 2. The van der Waals surface area contributed by atoms with Gasteiger partial charge in [-0.1, -0.05) is 12.1 Å². The molecule has 0 aliphatic carbocycles. The topological polar surface area (TPSA) is 70.5 Å². The van der Waals surface area contributed by atoms with Gasteiger partial charge in [-0.25, -0.2) is 0 Å². The molecule has 2 aromatic rings. The van der Waals surface area contributed by atoms with Crippen LogP contribution in [0, 0.1) is 0 Å². The van der Waals surface area contributed by atoms with Crippen molar-refractivity contribution in [2.45, 2.75) is 6.04 Å². The van der Waals surface area contributed by atoms with Crippen LogP contribution in [0.25, 0.3) is 0 Å². The van der Waals surface area contributed by atoms with Gasteiger partial charge in [0.2, 0.25) is 5.75 Å². The molecular weight excluding hydrogens is 360 g/mol. The van der Waals surface area contributed by atoms with Crippen molar-refractivity contribution >= 4 is 5.91 Å². The summed E-state index contributed by atoms with van der Waals surface area (Å²) in [5.41, 5.74) is 1.47. The Morgan fingerprint density at radius 2 is 1.50 bits per heavy atom. The minimum atomic E-state index is -0.222. The standard InChI is InChI=1S/C21H28N2O5/c1-23(2)16(15-9-7-8-10-17(15)25-3)13-22-21(24)14-11-18(26-4)20(28-6)19(12-14)27-5/h7-12,16H,13H2,1-6H3,(H,22,24)/p+1/t16-/m1/s1. The highest BCUT2D eigenvalue weighted by atomic mass is 16.5. The smallest absolute Gasteiger partial charge is 0.251 e. The number of likely N-dealkylation sites (N-methyl/N-ethyl adjacent to an activating group) is 1. The summed E-state index contributed by atoms with van der Waals surface area (Å²) < 4.78 is 21.4. The lowest BCUT2D eigenvalue weighted by molar-refractivity contribution is -0.890. The van der Waals surface area contributed by atoms with Crippen molar-refractivity contribution in [3.05, 3.63) is 47.5 Å². The minimum Gasteiger partial charge on any atom is -0.496 e. The zero-order valence-electron chi connectivity index (χ0n) is 17.3. The predicted molar refractivity (Wildman–Crippen MR) is 107 cm³/mol. The number of benzene rings is 2. The van der Waals surface area contributed by atoms with Crippen LogP contribution in [0.1, 0.15) is 22.0 Å². The van der Waals surface area contributed by atoms with E-state index in [4.69, 9.17) is 18.9 Å². The summed E-state index contributed by atoms with van der Waals surface area (Å²) >= 11 is 0. The predicted octanol–water partition coefficient (Wildman–Crippen LogP) is 1.34. The molecule has 0 heterocycles. The number of amides is 1. The maximum absolute atomic E-state index is 12.8. The molecule has 2 rings (SSSR count). The van der Waals surface area contributed by atoms with Gasteiger partial charge in [0.25, 0.3) is 5.91 Å². The van der Waals surface area contributed by atoms with Gasteiger partial charge in [-0.3, -0.25) is 4.79 Å². The van der Waals surface area contributed by atoms with Crippen LogP contribution < -0.4 is 29.2 Å². The SMILES string of the molecule is COc1ccccc1[C@@H](CNC(=O)c1cc(OC)c(OC)c(OC)c1)[NH+](C)C. The van der Waals surface area contributed by atoms with Crippen LogP contribution in [0.3, 0.4) is 0 Å². The summed E-state index contributed by atoms with van der Waals surface area (Å²) in [5, 5.41) is 3.00. The molecule has 0 bridgehead atoms. The van der Waals surface area contributed by atoms with E-state index < -0.39 is 0 Å². The first-order chi connectivity index (χ1) is 13.5. The fourth-order valence-electron chi connectivity index (χ4n) is 3.09. The molecule has 0 aromatic heterocycles. The Hall–Kier alpha value is -2.93. The Morgan fingerprint density at radius 1 is 0.929 bits per heavy atom. The molecular formula is C21H29N2O5+. The molecule has 1 amide bonds. The maximum Gasteiger partial charge on any atom is 0.251 e. The summed E-state index contributed by atoms with van der Waals surface area (Å²) in [6, 6.07) is 11.1. The van der Waals surface area contributed by atoms with Gasteiger partial charge in [0.1, 0.15) is 11.8 Å². The van der Waals surface area contributed by atoms with Gasteiger partial charge < -0.3 is 29.2 Å². The number of quaternary nitrogens is 1. The lowest BCUT2D eigenvalue weighted by Gasteiger charge is -2.24. The van der Waals surface area contributed by atoms with E-state index in [0.717, 1.165) is 11.3 Å². The number of carbonyl (C=O) groups excluding carboxylic acids is 1. The van der Waals surface area contributed by atoms with Gasteiger partial charge in [0.15, 0.2) is 11.5 Å². The minimum absolute atomic E-state index is 0.0298. The van der Waals surface area contributed by atoms with E-state index in [9.17, 15) is 4.79 Å². The van der Waals surface area contributed by atoms with E-state index in [1.165, 1.54) is 26.2 Å². The van der Waals surface area contributed by atoms with E-state index >= 15 is 0 Å². The van der Waals surface area contributed by atoms with Crippen LogP contribution in [0.5, 0.6) is 23.0 Å². The lowest BCUT2D eigenvalue weighted by atomic mass is 10.0. The van der Waals surface area contributed by atoms with Gasteiger partial charge >= 0.3 is 0 Å².